The molecule has 0 aliphatic heterocycles. The minimum absolute atomic E-state index is 0.0446. The molecule has 14 heavy (non-hydrogen) atoms. The van der Waals surface area contributed by atoms with E-state index in [-0.39, 0.29) is 31.9 Å². The van der Waals surface area contributed by atoms with Gasteiger partial charge in [0, 0.05) is 0 Å². The van der Waals surface area contributed by atoms with E-state index in [0.29, 0.717) is 0 Å². The highest BCUT2D eigenvalue weighted by molar-refractivity contribution is 5.70. The number of hydrogen-bond acceptors (Lipinski definition) is 4. The van der Waals surface area contributed by atoms with Gasteiger partial charge in [-0.3, -0.25) is 0 Å². The summed E-state index contributed by atoms with van der Waals surface area (Å²) in [5.41, 5.74) is 0. The Balaban J connectivity index is 2.06. The van der Waals surface area contributed by atoms with E-state index < -0.39 is 0 Å². The summed E-state index contributed by atoms with van der Waals surface area (Å²) in [6.07, 6.45) is 5.59. The molecule has 1 aliphatic carbocycles. The van der Waals surface area contributed by atoms with Crippen molar-refractivity contribution < 1.29 is 19.4 Å². The van der Waals surface area contributed by atoms with E-state index in [4.69, 9.17) is 14.6 Å². The number of aliphatic hydroxyl groups excluding tert-OH is 1. The average Bonchev–Trinajstić information content (AvgIpc) is 2.20. The summed E-state index contributed by atoms with van der Waals surface area (Å²) < 4.78 is 10.1. The number of carbonyl (C=O) groups is 1. The molecule has 1 saturated carbocycles. The van der Waals surface area contributed by atoms with Crippen LogP contribution in [-0.4, -0.2) is 37.0 Å². The lowest BCUT2D eigenvalue weighted by Crippen LogP contribution is -2.24. The molecule has 0 atom stereocenters. The Labute approximate surface area is 84.2 Å². The van der Waals surface area contributed by atoms with Gasteiger partial charge < -0.3 is 14.6 Å². The van der Waals surface area contributed by atoms with Crippen LogP contribution in [0.2, 0.25) is 0 Å². The molecule has 0 heterocycles. The summed E-state index contributed by atoms with van der Waals surface area (Å²) in [6.45, 7) is 0.0908. The van der Waals surface area contributed by atoms with Crippen LogP contribution in [0, 0.1) is 0 Å². The van der Waals surface area contributed by atoms with Gasteiger partial charge in [0.25, 0.3) is 0 Å². The smallest absolute Gasteiger partial charge is 0.332 e. The summed E-state index contributed by atoms with van der Waals surface area (Å²) >= 11 is 0. The van der Waals surface area contributed by atoms with Crippen LogP contribution in [0.1, 0.15) is 32.1 Å². The highest BCUT2D eigenvalue weighted by Crippen LogP contribution is 2.20. The Morgan fingerprint density at radius 1 is 1.29 bits per heavy atom. The fraction of sp³-hybridized carbons (Fsp3) is 0.900. The fourth-order valence-corrected chi connectivity index (χ4v) is 1.62. The molecule has 1 fully saturated rings. The first-order valence-corrected chi connectivity index (χ1v) is 5.21. The van der Waals surface area contributed by atoms with E-state index in [1.165, 1.54) is 6.42 Å². The first kappa shape index (κ1) is 11.5. The van der Waals surface area contributed by atoms with Crippen molar-refractivity contribution in [1.29, 1.82) is 0 Å². The van der Waals surface area contributed by atoms with Crippen molar-refractivity contribution in [3.63, 3.8) is 0 Å². The Morgan fingerprint density at radius 3 is 2.64 bits per heavy atom. The molecule has 0 unspecified atom stereocenters. The fourth-order valence-electron chi connectivity index (χ4n) is 1.62. The van der Waals surface area contributed by atoms with E-state index in [2.05, 4.69) is 0 Å². The lowest BCUT2D eigenvalue weighted by molar-refractivity contribution is -0.156. The van der Waals surface area contributed by atoms with Crippen LogP contribution in [0.25, 0.3) is 0 Å². The van der Waals surface area contributed by atoms with Gasteiger partial charge in [-0.1, -0.05) is 6.42 Å². The lowest BCUT2D eigenvalue weighted by atomic mass is 9.98. The Hall–Kier alpha value is -0.610. The van der Waals surface area contributed by atoms with Crippen LogP contribution in [0.3, 0.4) is 0 Å². The molecule has 0 amide bonds. The number of rotatable bonds is 5. The summed E-state index contributed by atoms with van der Waals surface area (Å²) in [4.78, 5) is 11.2. The highest BCUT2D eigenvalue weighted by Gasteiger charge is 2.17. The molecule has 4 heteroatoms. The maximum Gasteiger partial charge on any atom is 0.332 e. The van der Waals surface area contributed by atoms with E-state index in [0.717, 1.165) is 25.7 Å². The van der Waals surface area contributed by atoms with Gasteiger partial charge in [-0.25, -0.2) is 4.79 Å². The quantitative estimate of drug-likeness (QED) is 0.531. The van der Waals surface area contributed by atoms with Crippen molar-refractivity contribution in [2.45, 2.75) is 38.2 Å². The Kier molecular flexibility index (Phi) is 5.56. The normalized spacial score (nSPS) is 18.1. The van der Waals surface area contributed by atoms with Gasteiger partial charge in [0.2, 0.25) is 0 Å². The van der Waals surface area contributed by atoms with Crippen molar-refractivity contribution in [2.24, 2.45) is 0 Å². The second-order valence-corrected chi connectivity index (χ2v) is 3.53. The van der Waals surface area contributed by atoms with Crippen LogP contribution in [0.15, 0.2) is 0 Å². The first-order chi connectivity index (χ1) is 6.83. The third-order valence-electron chi connectivity index (χ3n) is 2.31. The predicted molar refractivity (Wildman–Crippen MR) is 50.9 cm³/mol. The molecule has 1 rings (SSSR count). The molecule has 0 aromatic heterocycles. The van der Waals surface area contributed by atoms with Crippen LogP contribution in [-0.2, 0) is 14.3 Å². The van der Waals surface area contributed by atoms with Gasteiger partial charge in [-0.15, -0.1) is 0 Å². The maximum atomic E-state index is 11.2. The molecule has 4 nitrogen and oxygen atoms in total. The largest absolute Gasteiger partial charge is 0.461 e. The molecule has 0 bridgehead atoms. The van der Waals surface area contributed by atoms with E-state index in [9.17, 15) is 4.79 Å². The molecular formula is C10H18O4. The minimum atomic E-state index is -0.314. The average molecular weight is 202 g/mol. The Morgan fingerprint density at radius 2 is 2.00 bits per heavy atom. The highest BCUT2D eigenvalue weighted by atomic mass is 16.6. The number of aliphatic hydroxyl groups is 1. The third-order valence-corrected chi connectivity index (χ3v) is 2.31. The molecule has 0 saturated heterocycles. The molecule has 1 aliphatic rings. The zero-order valence-corrected chi connectivity index (χ0v) is 8.41. The van der Waals surface area contributed by atoms with Crippen molar-refractivity contribution >= 4 is 5.97 Å². The number of ether oxygens (including phenoxy) is 2. The number of carbonyl (C=O) groups excluding carboxylic acids is 1. The third kappa shape index (κ3) is 4.58. The van der Waals surface area contributed by atoms with Crippen LogP contribution in [0.4, 0.5) is 0 Å². The SMILES string of the molecule is O=C(COCCO)OC1CCCCC1. The van der Waals surface area contributed by atoms with Crippen molar-refractivity contribution in [2.75, 3.05) is 19.8 Å². The van der Waals surface area contributed by atoms with E-state index in [1.807, 2.05) is 0 Å². The Bertz CT molecular complexity index is 164. The zero-order chi connectivity index (χ0) is 10.2. The second-order valence-electron chi connectivity index (χ2n) is 3.53. The minimum Gasteiger partial charge on any atom is -0.461 e. The van der Waals surface area contributed by atoms with Crippen LogP contribution >= 0.6 is 0 Å². The van der Waals surface area contributed by atoms with Crippen molar-refractivity contribution in [1.82, 2.24) is 0 Å². The van der Waals surface area contributed by atoms with Crippen LogP contribution in [0.5, 0.6) is 0 Å². The van der Waals surface area contributed by atoms with Gasteiger partial charge in [-0.05, 0) is 25.7 Å². The standard InChI is InChI=1S/C10H18O4/c11-6-7-13-8-10(12)14-9-4-2-1-3-5-9/h9,11H,1-8H2. The van der Waals surface area contributed by atoms with Gasteiger partial charge in [0.15, 0.2) is 0 Å². The van der Waals surface area contributed by atoms with E-state index in [1.54, 1.807) is 0 Å². The molecule has 0 aromatic rings. The summed E-state index contributed by atoms with van der Waals surface area (Å²) in [5.74, 6) is -0.314. The molecule has 0 radical (unpaired) electrons. The van der Waals surface area contributed by atoms with Gasteiger partial charge in [0.1, 0.15) is 12.7 Å². The summed E-state index contributed by atoms with van der Waals surface area (Å²) in [6, 6.07) is 0. The van der Waals surface area contributed by atoms with Gasteiger partial charge in [0.05, 0.1) is 13.2 Å². The second kappa shape index (κ2) is 6.79. The molecular weight excluding hydrogens is 184 g/mol. The van der Waals surface area contributed by atoms with Gasteiger partial charge >= 0.3 is 5.97 Å². The van der Waals surface area contributed by atoms with Gasteiger partial charge in [-0.2, -0.15) is 0 Å². The zero-order valence-electron chi connectivity index (χ0n) is 8.41. The first-order valence-electron chi connectivity index (χ1n) is 5.21. The maximum absolute atomic E-state index is 11.2. The van der Waals surface area contributed by atoms with E-state index >= 15 is 0 Å². The molecule has 82 valence electrons. The lowest BCUT2D eigenvalue weighted by Gasteiger charge is -2.21. The van der Waals surface area contributed by atoms with Crippen molar-refractivity contribution in [3.05, 3.63) is 0 Å². The topological polar surface area (TPSA) is 55.8 Å². The molecule has 1 N–H and O–H groups in total. The number of hydrogen-bond donors (Lipinski definition) is 1. The summed E-state index contributed by atoms with van der Waals surface area (Å²) in [5, 5.41) is 8.42. The summed E-state index contributed by atoms with van der Waals surface area (Å²) in [7, 11) is 0. The van der Waals surface area contributed by atoms with Crippen LogP contribution < -0.4 is 0 Å². The monoisotopic (exact) mass is 202 g/mol. The number of esters is 1. The predicted octanol–water partition coefficient (Wildman–Crippen LogP) is 0.871. The molecule has 0 spiro atoms. The molecule has 0 aromatic carbocycles. The van der Waals surface area contributed by atoms with Crippen molar-refractivity contribution in [3.8, 4) is 0 Å².